The van der Waals surface area contributed by atoms with Gasteiger partial charge in [-0.1, -0.05) is 30.3 Å². The third-order valence-electron chi connectivity index (χ3n) is 3.78. The standard InChI is InChI=1S/C20H27N3O2.HI/c1-4-21-20(23-15-16-8-6-5-7-9-16)22-13-12-17-14-18(24-2)10-11-19(17)25-3;/h5-11,14H,4,12-13,15H2,1-3H3,(H2,21,22,23);1H. The molecule has 0 heterocycles. The molecule has 2 aromatic carbocycles. The molecule has 0 saturated carbocycles. The topological polar surface area (TPSA) is 54.9 Å². The monoisotopic (exact) mass is 469 g/mol. The van der Waals surface area contributed by atoms with Crippen molar-refractivity contribution in [3.63, 3.8) is 0 Å². The number of nitrogens with one attached hydrogen (secondary N) is 2. The molecule has 0 bridgehead atoms. The van der Waals surface area contributed by atoms with E-state index in [0.717, 1.165) is 42.5 Å². The highest BCUT2D eigenvalue weighted by Gasteiger charge is 2.05. The van der Waals surface area contributed by atoms with Crippen molar-refractivity contribution in [3.05, 3.63) is 59.7 Å². The second-order valence-corrected chi connectivity index (χ2v) is 5.54. The first kappa shape index (κ1) is 22.1. The Balaban J connectivity index is 0.00000338. The van der Waals surface area contributed by atoms with E-state index in [0.29, 0.717) is 6.54 Å². The van der Waals surface area contributed by atoms with E-state index in [9.17, 15) is 0 Å². The van der Waals surface area contributed by atoms with E-state index in [2.05, 4.69) is 34.7 Å². The van der Waals surface area contributed by atoms with Gasteiger partial charge in [0.1, 0.15) is 11.5 Å². The van der Waals surface area contributed by atoms with Gasteiger partial charge in [0.25, 0.3) is 0 Å². The summed E-state index contributed by atoms with van der Waals surface area (Å²) in [5.74, 6) is 2.52. The third kappa shape index (κ3) is 7.11. The quantitative estimate of drug-likeness (QED) is 0.353. The number of hydrogen-bond acceptors (Lipinski definition) is 3. The van der Waals surface area contributed by atoms with Crippen LogP contribution in [0.1, 0.15) is 18.1 Å². The lowest BCUT2D eigenvalue weighted by Gasteiger charge is -2.13. The number of nitrogens with zero attached hydrogens (tertiary/aromatic N) is 1. The number of ether oxygens (including phenoxy) is 2. The minimum absolute atomic E-state index is 0. The highest BCUT2D eigenvalue weighted by Crippen LogP contribution is 2.24. The van der Waals surface area contributed by atoms with Crippen molar-refractivity contribution in [2.75, 3.05) is 27.3 Å². The zero-order valence-corrected chi connectivity index (χ0v) is 17.9. The van der Waals surface area contributed by atoms with Gasteiger partial charge in [0, 0.05) is 13.1 Å². The van der Waals surface area contributed by atoms with E-state index < -0.39 is 0 Å². The Kier molecular flexibility index (Phi) is 10.5. The van der Waals surface area contributed by atoms with Gasteiger partial charge in [-0.05, 0) is 42.7 Å². The Hall–Kier alpha value is -1.96. The lowest BCUT2D eigenvalue weighted by Crippen LogP contribution is -2.38. The molecule has 0 spiro atoms. The van der Waals surface area contributed by atoms with Crippen molar-refractivity contribution in [1.82, 2.24) is 10.6 Å². The molecule has 0 aliphatic carbocycles. The second-order valence-electron chi connectivity index (χ2n) is 5.54. The zero-order valence-electron chi connectivity index (χ0n) is 15.6. The minimum atomic E-state index is 0. The van der Waals surface area contributed by atoms with Crippen LogP contribution in [-0.2, 0) is 13.0 Å². The molecule has 0 radical (unpaired) electrons. The number of guanidine groups is 1. The summed E-state index contributed by atoms with van der Waals surface area (Å²) in [4.78, 5) is 4.63. The highest BCUT2D eigenvalue weighted by atomic mass is 127. The molecular formula is C20H28IN3O2. The van der Waals surface area contributed by atoms with Crippen LogP contribution in [0.25, 0.3) is 0 Å². The van der Waals surface area contributed by atoms with E-state index in [-0.39, 0.29) is 24.0 Å². The molecule has 0 saturated heterocycles. The molecule has 5 nitrogen and oxygen atoms in total. The summed E-state index contributed by atoms with van der Waals surface area (Å²) in [6.45, 7) is 4.29. The van der Waals surface area contributed by atoms with Crippen LogP contribution < -0.4 is 20.1 Å². The molecule has 0 aliphatic rings. The van der Waals surface area contributed by atoms with Crippen molar-refractivity contribution in [2.24, 2.45) is 4.99 Å². The summed E-state index contributed by atoms with van der Waals surface area (Å²) in [6, 6.07) is 16.1. The molecule has 2 rings (SSSR count). The van der Waals surface area contributed by atoms with E-state index in [4.69, 9.17) is 9.47 Å². The van der Waals surface area contributed by atoms with Crippen LogP contribution in [0.5, 0.6) is 11.5 Å². The summed E-state index contributed by atoms with van der Waals surface area (Å²) in [7, 11) is 3.35. The van der Waals surface area contributed by atoms with E-state index in [1.54, 1.807) is 14.2 Å². The van der Waals surface area contributed by atoms with Gasteiger partial charge in [-0.25, -0.2) is 4.99 Å². The molecule has 0 aliphatic heterocycles. The molecule has 0 fully saturated rings. The van der Waals surface area contributed by atoms with Crippen LogP contribution in [-0.4, -0.2) is 33.3 Å². The number of halogens is 1. The molecule has 0 atom stereocenters. The zero-order chi connectivity index (χ0) is 17.9. The van der Waals surface area contributed by atoms with Gasteiger partial charge < -0.3 is 20.1 Å². The molecule has 0 amide bonds. The lowest BCUT2D eigenvalue weighted by molar-refractivity contribution is 0.398. The summed E-state index contributed by atoms with van der Waals surface area (Å²) in [6.07, 6.45) is 0.816. The van der Waals surface area contributed by atoms with Crippen molar-refractivity contribution >= 4 is 29.9 Å². The van der Waals surface area contributed by atoms with E-state index in [1.807, 2.05) is 36.4 Å². The lowest BCUT2D eigenvalue weighted by atomic mass is 10.1. The fourth-order valence-electron chi connectivity index (χ4n) is 2.49. The van der Waals surface area contributed by atoms with Crippen molar-refractivity contribution in [1.29, 1.82) is 0 Å². The first-order chi connectivity index (χ1) is 12.3. The third-order valence-corrected chi connectivity index (χ3v) is 3.78. The van der Waals surface area contributed by atoms with E-state index in [1.165, 1.54) is 5.56 Å². The summed E-state index contributed by atoms with van der Waals surface area (Å²) >= 11 is 0. The maximum Gasteiger partial charge on any atom is 0.191 e. The van der Waals surface area contributed by atoms with Gasteiger partial charge >= 0.3 is 0 Å². The number of methoxy groups -OCH3 is 2. The SMILES string of the molecule is CCNC(=NCc1ccccc1)NCCc1cc(OC)ccc1OC.I. The Morgan fingerprint density at radius 1 is 1.00 bits per heavy atom. The maximum atomic E-state index is 5.43. The first-order valence-electron chi connectivity index (χ1n) is 8.53. The van der Waals surface area contributed by atoms with Crippen LogP contribution in [0.15, 0.2) is 53.5 Å². The molecule has 0 aromatic heterocycles. The Bertz CT molecular complexity index is 678. The first-order valence-corrected chi connectivity index (χ1v) is 8.53. The van der Waals surface area contributed by atoms with Crippen LogP contribution >= 0.6 is 24.0 Å². The number of hydrogen-bond donors (Lipinski definition) is 2. The number of rotatable bonds is 8. The fourth-order valence-corrected chi connectivity index (χ4v) is 2.49. The van der Waals surface area contributed by atoms with Crippen LogP contribution in [0.4, 0.5) is 0 Å². The van der Waals surface area contributed by atoms with Gasteiger partial charge in [-0.15, -0.1) is 24.0 Å². The number of benzene rings is 2. The molecular weight excluding hydrogens is 441 g/mol. The smallest absolute Gasteiger partial charge is 0.191 e. The Morgan fingerprint density at radius 2 is 1.77 bits per heavy atom. The van der Waals surface area contributed by atoms with Crippen LogP contribution in [0, 0.1) is 0 Å². The van der Waals surface area contributed by atoms with Crippen molar-refractivity contribution < 1.29 is 9.47 Å². The molecule has 6 heteroatoms. The second kappa shape index (κ2) is 12.4. The van der Waals surface area contributed by atoms with Crippen molar-refractivity contribution in [3.8, 4) is 11.5 Å². The van der Waals surface area contributed by atoms with Crippen molar-refractivity contribution in [2.45, 2.75) is 19.9 Å². The summed E-state index contributed by atoms with van der Waals surface area (Å²) in [5.41, 5.74) is 2.29. The number of aliphatic imine (C=N–C) groups is 1. The normalized spacial score (nSPS) is 10.7. The molecule has 2 aromatic rings. The summed E-state index contributed by atoms with van der Waals surface area (Å²) in [5, 5.41) is 6.64. The molecule has 0 unspecified atom stereocenters. The van der Waals surface area contributed by atoms with Gasteiger partial charge in [-0.2, -0.15) is 0 Å². The van der Waals surface area contributed by atoms with E-state index >= 15 is 0 Å². The molecule has 26 heavy (non-hydrogen) atoms. The predicted molar refractivity (Wildman–Crippen MR) is 118 cm³/mol. The van der Waals surface area contributed by atoms with Gasteiger partial charge in [0.2, 0.25) is 0 Å². The molecule has 142 valence electrons. The summed E-state index contributed by atoms with van der Waals surface area (Å²) < 4.78 is 10.7. The highest BCUT2D eigenvalue weighted by molar-refractivity contribution is 14.0. The fraction of sp³-hybridized carbons (Fsp3) is 0.350. The average Bonchev–Trinajstić information content (AvgIpc) is 2.66. The van der Waals surface area contributed by atoms with Crippen LogP contribution in [0.3, 0.4) is 0 Å². The van der Waals surface area contributed by atoms with Gasteiger partial charge in [-0.3, -0.25) is 0 Å². The van der Waals surface area contributed by atoms with Gasteiger partial charge in [0.15, 0.2) is 5.96 Å². The largest absolute Gasteiger partial charge is 0.497 e. The molecule has 2 N–H and O–H groups in total. The predicted octanol–water partition coefficient (Wildman–Crippen LogP) is 3.62. The minimum Gasteiger partial charge on any atom is -0.497 e. The van der Waals surface area contributed by atoms with Gasteiger partial charge in [0.05, 0.1) is 20.8 Å². The average molecular weight is 469 g/mol. The Morgan fingerprint density at radius 3 is 2.42 bits per heavy atom. The maximum absolute atomic E-state index is 5.43. The van der Waals surface area contributed by atoms with Crippen LogP contribution in [0.2, 0.25) is 0 Å². The Labute approximate surface area is 173 Å².